The van der Waals surface area contributed by atoms with Gasteiger partial charge >= 0.3 is 0 Å². The number of hydrogen-bond donors (Lipinski definition) is 2. The van der Waals surface area contributed by atoms with Crippen molar-refractivity contribution in [1.82, 2.24) is 14.7 Å². The van der Waals surface area contributed by atoms with E-state index in [9.17, 15) is 4.79 Å². The third kappa shape index (κ3) is 3.40. The summed E-state index contributed by atoms with van der Waals surface area (Å²) in [5.41, 5.74) is 0. The van der Waals surface area contributed by atoms with Crippen LogP contribution < -0.4 is 10.6 Å². The third-order valence-corrected chi connectivity index (χ3v) is 3.15. The number of aryl methyl sites for hydroxylation is 1. The molecular formula is C9H15ClN4OS. The topological polar surface area (TPSA) is 66.9 Å². The van der Waals surface area contributed by atoms with Gasteiger partial charge in [-0.1, -0.05) is 0 Å². The fourth-order valence-electron chi connectivity index (χ4n) is 1.63. The number of halogens is 1. The summed E-state index contributed by atoms with van der Waals surface area (Å²) in [4.78, 5) is 15.9. The summed E-state index contributed by atoms with van der Waals surface area (Å²) < 4.78 is 4.02. The average Bonchev–Trinajstić information content (AvgIpc) is 2.65. The zero-order valence-electron chi connectivity index (χ0n) is 9.02. The Morgan fingerprint density at radius 2 is 2.44 bits per heavy atom. The van der Waals surface area contributed by atoms with Crippen molar-refractivity contribution in [3.05, 3.63) is 5.82 Å². The first-order chi connectivity index (χ1) is 7.25. The highest BCUT2D eigenvalue weighted by atomic mass is 35.5. The van der Waals surface area contributed by atoms with Crippen LogP contribution in [0, 0.1) is 12.8 Å². The van der Waals surface area contributed by atoms with Gasteiger partial charge in [0.1, 0.15) is 5.82 Å². The van der Waals surface area contributed by atoms with Gasteiger partial charge < -0.3 is 10.6 Å². The quantitative estimate of drug-likeness (QED) is 0.841. The number of aromatic nitrogens is 2. The predicted molar refractivity (Wildman–Crippen MR) is 66.1 cm³/mol. The lowest BCUT2D eigenvalue weighted by molar-refractivity contribution is -0.120. The van der Waals surface area contributed by atoms with Crippen LogP contribution in [0.25, 0.3) is 0 Å². The molecule has 1 amide bonds. The van der Waals surface area contributed by atoms with Crippen LogP contribution in [0.15, 0.2) is 0 Å². The summed E-state index contributed by atoms with van der Waals surface area (Å²) in [6.07, 6.45) is 2.02. The van der Waals surface area contributed by atoms with Gasteiger partial charge in [0.2, 0.25) is 11.0 Å². The van der Waals surface area contributed by atoms with E-state index in [4.69, 9.17) is 0 Å². The number of amides is 1. The number of piperidine rings is 1. The minimum atomic E-state index is 0. The van der Waals surface area contributed by atoms with Crippen LogP contribution in [0.1, 0.15) is 18.7 Å². The smallest absolute Gasteiger partial charge is 0.230 e. The summed E-state index contributed by atoms with van der Waals surface area (Å²) >= 11 is 1.23. The molecule has 0 bridgehead atoms. The molecule has 2 heterocycles. The Kier molecular flexibility index (Phi) is 5.11. The van der Waals surface area contributed by atoms with E-state index in [1.165, 1.54) is 11.5 Å². The molecule has 0 aliphatic carbocycles. The zero-order valence-corrected chi connectivity index (χ0v) is 10.7. The van der Waals surface area contributed by atoms with Crippen molar-refractivity contribution in [2.45, 2.75) is 19.8 Å². The Morgan fingerprint density at radius 3 is 3.00 bits per heavy atom. The van der Waals surface area contributed by atoms with Crippen molar-refractivity contribution < 1.29 is 4.79 Å². The lowest BCUT2D eigenvalue weighted by Crippen LogP contribution is -2.37. The third-order valence-electron chi connectivity index (χ3n) is 2.43. The van der Waals surface area contributed by atoms with Crippen LogP contribution in [0.5, 0.6) is 0 Å². The molecule has 0 radical (unpaired) electrons. The van der Waals surface area contributed by atoms with Crippen molar-refractivity contribution >= 4 is 35.0 Å². The number of hydrogen-bond acceptors (Lipinski definition) is 5. The molecule has 1 aliphatic rings. The second kappa shape index (κ2) is 6.12. The van der Waals surface area contributed by atoms with Gasteiger partial charge in [0.05, 0.1) is 5.92 Å². The summed E-state index contributed by atoms with van der Waals surface area (Å²) in [5, 5.41) is 6.61. The standard InChI is InChI=1S/C9H14N4OS.ClH/c1-6-11-9(15-13-6)12-8(14)7-3-2-4-10-5-7;/h7,10H,2-5H2,1H3,(H,11,12,13,14);1H/t7-;/m1./s1. The molecule has 1 aliphatic heterocycles. The molecule has 1 aromatic heterocycles. The number of nitrogens with zero attached hydrogens (tertiary/aromatic N) is 2. The molecule has 1 atom stereocenters. The van der Waals surface area contributed by atoms with Crippen molar-refractivity contribution in [2.24, 2.45) is 5.92 Å². The fraction of sp³-hybridized carbons (Fsp3) is 0.667. The zero-order chi connectivity index (χ0) is 10.7. The van der Waals surface area contributed by atoms with Gasteiger partial charge in [0.15, 0.2) is 0 Å². The van der Waals surface area contributed by atoms with E-state index in [1.807, 2.05) is 6.92 Å². The summed E-state index contributed by atoms with van der Waals surface area (Å²) in [5.74, 6) is 0.832. The molecule has 16 heavy (non-hydrogen) atoms. The van der Waals surface area contributed by atoms with Crippen molar-refractivity contribution in [2.75, 3.05) is 18.4 Å². The molecule has 5 nitrogen and oxygen atoms in total. The summed E-state index contributed by atoms with van der Waals surface area (Å²) in [6, 6.07) is 0. The summed E-state index contributed by atoms with van der Waals surface area (Å²) in [6.45, 7) is 3.60. The highest BCUT2D eigenvalue weighted by Crippen LogP contribution is 2.15. The van der Waals surface area contributed by atoms with Gasteiger partial charge in [0.25, 0.3) is 0 Å². The number of nitrogens with one attached hydrogen (secondary N) is 2. The molecule has 90 valence electrons. The first kappa shape index (κ1) is 13.3. The lowest BCUT2D eigenvalue weighted by Gasteiger charge is -2.21. The lowest BCUT2D eigenvalue weighted by atomic mass is 9.99. The van der Waals surface area contributed by atoms with Gasteiger partial charge in [-0.3, -0.25) is 4.79 Å². The van der Waals surface area contributed by atoms with Crippen LogP contribution in [0.2, 0.25) is 0 Å². The molecule has 2 N–H and O–H groups in total. The average molecular weight is 263 g/mol. The monoisotopic (exact) mass is 262 g/mol. The van der Waals surface area contributed by atoms with Crippen molar-refractivity contribution in [3.8, 4) is 0 Å². The van der Waals surface area contributed by atoms with E-state index in [0.717, 1.165) is 25.9 Å². The molecule has 1 saturated heterocycles. The second-order valence-electron chi connectivity index (χ2n) is 3.68. The maximum atomic E-state index is 11.8. The van der Waals surface area contributed by atoms with E-state index in [2.05, 4.69) is 20.0 Å². The maximum Gasteiger partial charge on any atom is 0.230 e. The van der Waals surface area contributed by atoms with Gasteiger partial charge in [-0.25, -0.2) is 4.98 Å². The normalized spacial score (nSPS) is 19.9. The molecule has 0 aromatic carbocycles. The van der Waals surface area contributed by atoms with Crippen LogP contribution in [0.4, 0.5) is 5.13 Å². The van der Waals surface area contributed by atoms with E-state index in [-0.39, 0.29) is 24.2 Å². The number of carbonyl (C=O) groups excluding carboxylic acids is 1. The van der Waals surface area contributed by atoms with E-state index < -0.39 is 0 Å². The Morgan fingerprint density at radius 1 is 1.62 bits per heavy atom. The molecule has 7 heteroatoms. The van der Waals surface area contributed by atoms with Gasteiger partial charge in [0, 0.05) is 18.1 Å². The van der Waals surface area contributed by atoms with E-state index in [1.54, 1.807) is 0 Å². The van der Waals surface area contributed by atoms with Crippen molar-refractivity contribution in [3.63, 3.8) is 0 Å². The van der Waals surface area contributed by atoms with Gasteiger partial charge in [-0.15, -0.1) is 12.4 Å². The first-order valence-electron chi connectivity index (χ1n) is 5.07. The fourth-order valence-corrected chi connectivity index (χ4v) is 2.21. The van der Waals surface area contributed by atoms with Crippen LogP contribution >= 0.6 is 23.9 Å². The molecule has 1 aromatic rings. The number of carbonyl (C=O) groups is 1. The molecular weight excluding hydrogens is 248 g/mol. The Labute approximate surface area is 105 Å². The first-order valence-corrected chi connectivity index (χ1v) is 5.85. The highest BCUT2D eigenvalue weighted by Gasteiger charge is 2.21. The van der Waals surface area contributed by atoms with Crippen LogP contribution in [0.3, 0.4) is 0 Å². The Balaban J connectivity index is 0.00000128. The van der Waals surface area contributed by atoms with E-state index >= 15 is 0 Å². The molecule has 0 unspecified atom stereocenters. The van der Waals surface area contributed by atoms with Crippen molar-refractivity contribution in [1.29, 1.82) is 0 Å². The largest absolute Gasteiger partial charge is 0.316 e. The number of rotatable bonds is 2. The van der Waals surface area contributed by atoms with E-state index in [0.29, 0.717) is 11.0 Å². The Bertz CT molecular complexity index is 351. The predicted octanol–water partition coefficient (Wildman–Crippen LogP) is 1.21. The molecule has 0 spiro atoms. The minimum absolute atomic E-state index is 0. The van der Waals surface area contributed by atoms with Gasteiger partial charge in [-0.2, -0.15) is 4.37 Å². The Hall–Kier alpha value is -0.720. The molecule has 2 rings (SSSR count). The minimum Gasteiger partial charge on any atom is -0.316 e. The van der Waals surface area contributed by atoms with Crippen LogP contribution in [-0.4, -0.2) is 28.4 Å². The second-order valence-corrected chi connectivity index (χ2v) is 4.43. The maximum absolute atomic E-state index is 11.8. The number of anilines is 1. The van der Waals surface area contributed by atoms with Gasteiger partial charge in [-0.05, 0) is 26.3 Å². The molecule has 1 fully saturated rings. The SMILES string of the molecule is Cc1nsc(NC(=O)[C@@H]2CCCNC2)n1.Cl. The summed E-state index contributed by atoms with van der Waals surface area (Å²) in [7, 11) is 0. The molecule has 0 saturated carbocycles. The highest BCUT2D eigenvalue weighted by molar-refractivity contribution is 7.09. The van der Waals surface area contributed by atoms with Crippen LogP contribution in [-0.2, 0) is 4.79 Å².